The second kappa shape index (κ2) is 5.49. The van der Waals surface area contributed by atoms with Crippen LogP contribution in [0.4, 0.5) is 0 Å². The molecule has 0 saturated heterocycles. The molecule has 4 atom stereocenters. The van der Waals surface area contributed by atoms with Gasteiger partial charge in [-0.3, -0.25) is 0 Å². The van der Waals surface area contributed by atoms with Crippen LogP contribution < -0.4 is 5.32 Å². The van der Waals surface area contributed by atoms with Crippen LogP contribution in [0.2, 0.25) is 0 Å². The monoisotopic (exact) mass is 252 g/mol. The molecule has 0 spiro atoms. The Morgan fingerprint density at radius 1 is 1.35 bits per heavy atom. The van der Waals surface area contributed by atoms with Crippen molar-refractivity contribution in [2.24, 2.45) is 17.8 Å². The fourth-order valence-electron chi connectivity index (χ4n) is 3.08. The highest BCUT2D eigenvalue weighted by atomic mass is 32.1. The lowest BCUT2D eigenvalue weighted by molar-refractivity contribution is 0.175. The van der Waals surface area contributed by atoms with Crippen LogP contribution in [-0.2, 0) is 0 Å². The molecule has 1 aromatic rings. The molecule has 1 aliphatic rings. The van der Waals surface area contributed by atoms with Gasteiger partial charge < -0.3 is 5.32 Å². The molecule has 17 heavy (non-hydrogen) atoms. The lowest BCUT2D eigenvalue weighted by Crippen LogP contribution is -2.31. The summed E-state index contributed by atoms with van der Waals surface area (Å²) in [5, 5.41) is 3.52. The van der Waals surface area contributed by atoms with Gasteiger partial charge in [-0.15, -0.1) is 11.3 Å². The molecule has 3 heteroatoms. The second-order valence-corrected chi connectivity index (χ2v) is 6.48. The molecule has 2 nitrogen and oxygen atoms in total. The van der Waals surface area contributed by atoms with Crippen LogP contribution in [-0.4, -0.2) is 12.0 Å². The van der Waals surface area contributed by atoms with Crippen molar-refractivity contribution in [3.63, 3.8) is 0 Å². The zero-order valence-corrected chi connectivity index (χ0v) is 12.2. The molecule has 0 bridgehead atoms. The summed E-state index contributed by atoms with van der Waals surface area (Å²) in [7, 11) is 2.09. The molecule has 0 radical (unpaired) electrons. The molecule has 1 heterocycles. The Balaban J connectivity index is 2.12. The molecule has 1 aliphatic carbocycles. The van der Waals surface area contributed by atoms with E-state index in [1.165, 1.54) is 29.8 Å². The van der Waals surface area contributed by atoms with Gasteiger partial charge in [-0.05, 0) is 44.6 Å². The largest absolute Gasteiger partial charge is 0.312 e. The summed E-state index contributed by atoms with van der Waals surface area (Å²) in [5.41, 5.74) is 3.18. The minimum absolute atomic E-state index is 0.512. The van der Waals surface area contributed by atoms with Crippen LogP contribution in [0.15, 0.2) is 5.51 Å². The van der Waals surface area contributed by atoms with E-state index in [4.69, 9.17) is 0 Å². The van der Waals surface area contributed by atoms with E-state index in [1.807, 2.05) is 5.51 Å². The molecule has 1 saturated carbocycles. The molecule has 4 unspecified atom stereocenters. The summed E-state index contributed by atoms with van der Waals surface area (Å²) in [6.45, 7) is 6.93. The fourth-order valence-corrected chi connectivity index (χ4v) is 4.09. The van der Waals surface area contributed by atoms with Crippen LogP contribution in [0.1, 0.15) is 49.7 Å². The Labute approximate surface area is 109 Å². The molecule has 1 aromatic heterocycles. The first-order chi connectivity index (χ1) is 8.13. The Morgan fingerprint density at radius 3 is 2.65 bits per heavy atom. The van der Waals surface area contributed by atoms with Gasteiger partial charge in [-0.25, -0.2) is 4.98 Å². The second-order valence-electron chi connectivity index (χ2n) is 5.60. The number of hydrogen-bond donors (Lipinski definition) is 1. The predicted octanol–water partition coefficient (Wildman–Crippen LogP) is 3.78. The Morgan fingerprint density at radius 2 is 2.12 bits per heavy atom. The maximum absolute atomic E-state index is 4.39. The highest BCUT2D eigenvalue weighted by Crippen LogP contribution is 2.41. The summed E-state index contributed by atoms with van der Waals surface area (Å²) in [4.78, 5) is 5.84. The van der Waals surface area contributed by atoms with Crippen molar-refractivity contribution in [2.45, 2.75) is 46.1 Å². The number of aromatic nitrogens is 1. The third kappa shape index (κ3) is 2.71. The van der Waals surface area contributed by atoms with Gasteiger partial charge in [0.2, 0.25) is 0 Å². The number of nitrogens with one attached hydrogen (secondary N) is 1. The standard InChI is InChI=1S/C14H24N2S/c1-9-5-6-12(7-10(9)2)13(15-4)14-11(3)16-8-17-14/h8-10,12-13,15H,5-7H2,1-4H3. The van der Waals surface area contributed by atoms with Gasteiger partial charge in [-0.2, -0.15) is 0 Å². The van der Waals surface area contributed by atoms with Crippen molar-refractivity contribution in [2.75, 3.05) is 7.05 Å². The van der Waals surface area contributed by atoms with Gasteiger partial charge in [0, 0.05) is 10.9 Å². The van der Waals surface area contributed by atoms with E-state index in [2.05, 4.69) is 38.1 Å². The number of aryl methyl sites for hydroxylation is 1. The first-order valence-electron chi connectivity index (χ1n) is 6.70. The molecule has 1 N–H and O–H groups in total. The van der Waals surface area contributed by atoms with Crippen LogP contribution in [0.5, 0.6) is 0 Å². The smallest absolute Gasteiger partial charge is 0.0798 e. The highest BCUT2D eigenvalue weighted by molar-refractivity contribution is 7.09. The minimum Gasteiger partial charge on any atom is -0.312 e. The van der Waals surface area contributed by atoms with Crippen LogP contribution in [0, 0.1) is 24.7 Å². The van der Waals surface area contributed by atoms with Crippen LogP contribution in [0.3, 0.4) is 0 Å². The van der Waals surface area contributed by atoms with Crippen molar-refractivity contribution >= 4 is 11.3 Å². The van der Waals surface area contributed by atoms with E-state index < -0.39 is 0 Å². The summed E-state index contributed by atoms with van der Waals surface area (Å²) in [5.74, 6) is 2.54. The van der Waals surface area contributed by atoms with Gasteiger partial charge in [0.05, 0.1) is 11.2 Å². The number of hydrogen-bond acceptors (Lipinski definition) is 3. The quantitative estimate of drug-likeness (QED) is 0.885. The van der Waals surface area contributed by atoms with E-state index in [-0.39, 0.29) is 0 Å². The first-order valence-corrected chi connectivity index (χ1v) is 7.58. The lowest BCUT2D eigenvalue weighted by atomic mass is 9.73. The first kappa shape index (κ1) is 13.0. The summed E-state index contributed by atoms with van der Waals surface area (Å²) in [6.07, 6.45) is 4.08. The SMILES string of the molecule is CNC(c1scnc1C)C1CCC(C)C(C)C1. The highest BCUT2D eigenvalue weighted by Gasteiger charge is 2.31. The zero-order valence-electron chi connectivity index (χ0n) is 11.4. The maximum Gasteiger partial charge on any atom is 0.0798 e. The van der Waals surface area contributed by atoms with Gasteiger partial charge >= 0.3 is 0 Å². The lowest BCUT2D eigenvalue weighted by Gasteiger charge is -2.36. The average molecular weight is 252 g/mol. The molecule has 0 aromatic carbocycles. The molecule has 1 fully saturated rings. The van der Waals surface area contributed by atoms with Gasteiger partial charge in [0.25, 0.3) is 0 Å². The van der Waals surface area contributed by atoms with Gasteiger partial charge in [0.15, 0.2) is 0 Å². The summed E-state index contributed by atoms with van der Waals surface area (Å²) in [6, 6.07) is 0.512. The van der Waals surface area contributed by atoms with E-state index in [1.54, 1.807) is 11.3 Å². The third-order valence-electron chi connectivity index (χ3n) is 4.49. The topological polar surface area (TPSA) is 24.9 Å². The molecule has 2 rings (SSSR count). The third-order valence-corrected chi connectivity index (χ3v) is 5.50. The molecular formula is C14H24N2S. The Bertz CT molecular complexity index is 361. The van der Waals surface area contributed by atoms with Crippen LogP contribution >= 0.6 is 11.3 Å². The predicted molar refractivity (Wildman–Crippen MR) is 74.3 cm³/mol. The van der Waals surface area contributed by atoms with E-state index in [0.717, 1.165) is 17.8 Å². The van der Waals surface area contributed by atoms with Crippen LogP contribution in [0.25, 0.3) is 0 Å². The minimum atomic E-state index is 0.512. The maximum atomic E-state index is 4.39. The van der Waals surface area contributed by atoms with E-state index in [9.17, 15) is 0 Å². The Hall–Kier alpha value is -0.410. The van der Waals surface area contributed by atoms with Crippen molar-refractivity contribution in [1.29, 1.82) is 0 Å². The van der Waals surface area contributed by atoms with E-state index >= 15 is 0 Å². The molecule has 0 aliphatic heterocycles. The number of rotatable bonds is 3. The number of thiazole rings is 1. The van der Waals surface area contributed by atoms with Crippen molar-refractivity contribution in [3.05, 3.63) is 16.1 Å². The normalized spacial score (nSPS) is 31.4. The van der Waals surface area contributed by atoms with Gasteiger partial charge in [0.1, 0.15) is 0 Å². The molecule has 96 valence electrons. The van der Waals surface area contributed by atoms with E-state index in [0.29, 0.717) is 6.04 Å². The summed E-state index contributed by atoms with van der Waals surface area (Å²) >= 11 is 1.80. The molecular weight excluding hydrogens is 228 g/mol. The van der Waals surface area contributed by atoms with Crippen molar-refractivity contribution < 1.29 is 0 Å². The average Bonchev–Trinajstić information content (AvgIpc) is 2.71. The van der Waals surface area contributed by atoms with Crippen molar-refractivity contribution in [3.8, 4) is 0 Å². The van der Waals surface area contributed by atoms with Gasteiger partial charge in [-0.1, -0.05) is 20.3 Å². The summed E-state index contributed by atoms with van der Waals surface area (Å²) < 4.78 is 0. The molecule has 0 amide bonds. The zero-order chi connectivity index (χ0) is 12.4. The Kier molecular flexibility index (Phi) is 4.21. The number of nitrogens with zero attached hydrogens (tertiary/aromatic N) is 1. The van der Waals surface area contributed by atoms with Crippen molar-refractivity contribution in [1.82, 2.24) is 10.3 Å². The fraction of sp³-hybridized carbons (Fsp3) is 0.786.